The maximum Gasteiger partial charge on any atom is 0.157 e. The number of carbonyl (C=O) groups excluding carboxylic acids is 1. The van der Waals surface area contributed by atoms with Crippen molar-refractivity contribution in [3.05, 3.63) is 37.0 Å². The highest BCUT2D eigenvalue weighted by atomic mass is 16.1. The summed E-state index contributed by atoms with van der Waals surface area (Å²) in [6.07, 6.45) is 8.09. The van der Waals surface area contributed by atoms with Gasteiger partial charge in [-0.25, -0.2) is 0 Å². The van der Waals surface area contributed by atoms with Crippen molar-refractivity contribution in [2.24, 2.45) is 0 Å². The van der Waals surface area contributed by atoms with E-state index in [-0.39, 0.29) is 5.78 Å². The Balaban J connectivity index is 3.44. The lowest BCUT2D eigenvalue weighted by Crippen LogP contribution is -1.96. The van der Waals surface area contributed by atoms with Crippen LogP contribution in [-0.2, 0) is 4.79 Å². The van der Waals surface area contributed by atoms with Gasteiger partial charge in [-0.05, 0) is 25.3 Å². The summed E-state index contributed by atoms with van der Waals surface area (Å²) in [5, 5.41) is 0. The van der Waals surface area contributed by atoms with Crippen molar-refractivity contribution >= 4 is 5.78 Å². The van der Waals surface area contributed by atoms with Crippen molar-refractivity contribution in [1.82, 2.24) is 0 Å². The zero-order chi connectivity index (χ0) is 9.40. The van der Waals surface area contributed by atoms with E-state index in [2.05, 4.69) is 13.2 Å². The van der Waals surface area contributed by atoms with Gasteiger partial charge < -0.3 is 0 Å². The minimum absolute atomic E-state index is 0.169. The summed E-state index contributed by atoms with van der Waals surface area (Å²) < 4.78 is 0. The fourth-order valence-electron chi connectivity index (χ4n) is 0.786. The lowest BCUT2D eigenvalue weighted by molar-refractivity contribution is -0.115. The van der Waals surface area contributed by atoms with E-state index in [1.807, 2.05) is 12.2 Å². The van der Waals surface area contributed by atoms with Crippen LogP contribution < -0.4 is 0 Å². The van der Waals surface area contributed by atoms with Gasteiger partial charge in [-0.15, -0.1) is 0 Å². The largest absolute Gasteiger partial charge is 0.295 e. The molecule has 0 N–H and O–H groups in total. The smallest absolute Gasteiger partial charge is 0.157 e. The van der Waals surface area contributed by atoms with Crippen molar-refractivity contribution in [3.8, 4) is 0 Å². The highest BCUT2D eigenvalue weighted by molar-refractivity contribution is 5.93. The topological polar surface area (TPSA) is 17.1 Å². The van der Waals surface area contributed by atoms with E-state index in [9.17, 15) is 4.79 Å². The first-order valence-corrected chi connectivity index (χ1v) is 4.14. The maximum absolute atomic E-state index is 11.0. The monoisotopic (exact) mass is 164 g/mol. The molecule has 0 aliphatic carbocycles. The third kappa shape index (κ3) is 5.66. The number of carbonyl (C=O) groups is 1. The highest BCUT2D eigenvalue weighted by Gasteiger charge is 1.99. The van der Waals surface area contributed by atoms with E-state index in [0.29, 0.717) is 12.0 Å². The Labute approximate surface area is 74.5 Å². The molecule has 0 aromatic rings. The van der Waals surface area contributed by atoms with Crippen LogP contribution in [0.3, 0.4) is 0 Å². The summed E-state index contributed by atoms with van der Waals surface area (Å²) in [6, 6.07) is 0. The summed E-state index contributed by atoms with van der Waals surface area (Å²) >= 11 is 0. The van der Waals surface area contributed by atoms with Gasteiger partial charge in [-0.2, -0.15) is 0 Å². The lowest BCUT2D eigenvalue weighted by atomic mass is 10.1. The minimum Gasteiger partial charge on any atom is -0.295 e. The summed E-state index contributed by atoms with van der Waals surface area (Å²) in [4.78, 5) is 11.0. The van der Waals surface area contributed by atoms with Gasteiger partial charge >= 0.3 is 0 Å². The molecule has 0 saturated carbocycles. The van der Waals surface area contributed by atoms with Gasteiger partial charge in [0.1, 0.15) is 0 Å². The second kappa shape index (κ2) is 6.59. The molecule has 0 aliphatic heterocycles. The van der Waals surface area contributed by atoms with E-state index in [0.717, 1.165) is 12.8 Å². The molecule has 1 nitrogen and oxygen atoms in total. The predicted molar refractivity (Wildman–Crippen MR) is 53.0 cm³/mol. The third-order valence-electron chi connectivity index (χ3n) is 1.52. The van der Waals surface area contributed by atoms with Crippen LogP contribution in [0.2, 0.25) is 0 Å². The van der Waals surface area contributed by atoms with Crippen LogP contribution in [0.4, 0.5) is 0 Å². The van der Waals surface area contributed by atoms with E-state index >= 15 is 0 Å². The van der Waals surface area contributed by atoms with Crippen LogP contribution in [-0.4, -0.2) is 5.78 Å². The molecular formula is C11H16O. The first-order valence-electron chi connectivity index (χ1n) is 4.14. The summed E-state index contributed by atoms with van der Waals surface area (Å²) in [7, 11) is 0. The van der Waals surface area contributed by atoms with Gasteiger partial charge in [-0.3, -0.25) is 4.79 Å². The molecule has 66 valence electrons. The first-order chi connectivity index (χ1) is 5.68. The Kier molecular flexibility index (Phi) is 5.98. The maximum atomic E-state index is 11.0. The first kappa shape index (κ1) is 10.9. The van der Waals surface area contributed by atoms with E-state index in [4.69, 9.17) is 0 Å². The molecule has 0 saturated heterocycles. The second-order valence-electron chi connectivity index (χ2n) is 2.76. The van der Waals surface area contributed by atoms with Gasteiger partial charge in [0.05, 0.1) is 0 Å². The number of ketones is 1. The van der Waals surface area contributed by atoms with Gasteiger partial charge in [-0.1, -0.05) is 31.4 Å². The van der Waals surface area contributed by atoms with Crippen molar-refractivity contribution in [3.63, 3.8) is 0 Å². The van der Waals surface area contributed by atoms with E-state index in [1.54, 1.807) is 13.0 Å². The molecule has 1 heteroatoms. The molecule has 0 aliphatic rings. The Hall–Kier alpha value is -1.11. The lowest BCUT2D eigenvalue weighted by Gasteiger charge is -1.95. The fourth-order valence-corrected chi connectivity index (χ4v) is 0.786. The van der Waals surface area contributed by atoms with Crippen molar-refractivity contribution < 1.29 is 4.79 Å². The molecule has 0 amide bonds. The molecule has 0 rings (SSSR count). The van der Waals surface area contributed by atoms with Crippen LogP contribution in [0.25, 0.3) is 0 Å². The van der Waals surface area contributed by atoms with E-state index in [1.165, 1.54) is 0 Å². The molecule has 0 atom stereocenters. The molecule has 0 fully saturated rings. The molecule has 0 spiro atoms. The zero-order valence-electron chi connectivity index (χ0n) is 7.68. The minimum atomic E-state index is 0.169. The number of rotatable bonds is 6. The number of unbranched alkanes of at least 4 members (excludes halogenated alkanes) is 1. The predicted octanol–water partition coefficient (Wildman–Crippen LogP) is 3.04. The average Bonchev–Trinajstić information content (AvgIpc) is 2.03. The summed E-state index contributed by atoms with van der Waals surface area (Å²) in [6.45, 7) is 8.89. The summed E-state index contributed by atoms with van der Waals surface area (Å²) in [5.74, 6) is 0.169. The quantitative estimate of drug-likeness (QED) is 0.335. The number of allylic oxidation sites excluding steroid dienone is 4. The van der Waals surface area contributed by atoms with E-state index < -0.39 is 0 Å². The molecule has 0 aromatic carbocycles. The molecule has 12 heavy (non-hydrogen) atoms. The Bertz CT molecular complexity index is 199. The Morgan fingerprint density at radius 3 is 2.67 bits per heavy atom. The van der Waals surface area contributed by atoms with Gasteiger partial charge in [0.2, 0.25) is 0 Å². The normalized spacial score (nSPS) is 10.1. The van der Waals surface area contributed by atoms with Crippen molar-refractivity contribution in [2.45, 2.75) is 26.2 Å². The summed E-state index contributed by atoms with van der Waals surface area (Å²) in [5.41, 5.74) is 0.655. The van der Waals surface area contributed by atoms with Gasteiger partial charge in [0, 0.05) is 6.42 Å². The molecule has 0 radical (unpaired) electrons. The van der Waals surface area contributed by atoms with Crippen LogP contribution in [0, 0.1) is 0 Å². The zero-order valence-corrected chi connectivity index (χ0v) is 7.68. The number of hydrogen-bond donors (Lipinski definition) is 0. The van der Waals surface area contributed by atoms with Crippen molar-refractivity contribution in [2.75, 3.05) is 0 Å². The van der Waals surface area contributed by atoms with Crippen LogP contribution in [0.15, 0.2) is 37.0 Å². The molecule has 0 heterocycles. The van der Waals surface area contributed by atoms with Crippen LogP contribution in [0.5, 0.6) is 0 Å². The molecule has 0 aromatic heterocycles. The molecule has 0 unspecified atom stereocenters. The Morgan fingerprint density at radius 1 is 1.50 bits per heavy atom. The van der Waals surface area contributed by atoms with Crippen molar-refractivity contribution in [1.29, 1.82) is 0 Å². The number of Topliss-reactive ketones (excluding diaryl/α,β-unsaturated/α-hetero) is 1. The average molecular weight is 164 g/mol. The second-order valence-corrected chi connectivity index (χ2v) is 2.76. The Morgan fingerprint density at radius 2 is 2.17 bits per heavy atom. The fraction of sp³-hybridized carbons (Fsp3) is 0.364. The standard InChI is InChI=1S/C11H16O/c1-4-5-6-7-8-9-11(12)10(2)3/h4-6H,1-2,7-9H2,3H3/b6-5+. The van der Waals surface area contributed by atoms with Gasteiger partial charge in [0.25, 0.3) is 0 Å². The van der Waals surface area contributed by atoms with Crippen LogP contribution in [0.1, 0.15) is 26.2 Å². The SMILES string of the molecule is C=C/C=C/CCCC(=O)C(=C)C. The third-order valence-corrected chi connectivity index (χ3v) is 1.52. The molecule has 0 bridgehead atoms. The number of hydrogen-bond acceptors (Lipinski definition) is 1. The molecular weight excluding hydrogens is 148 g/mol. The van der Waals surface area contributed by atoms with Crippen LogP contribution >= 0.6 is 0 Å². The van der Waals surface area contributed by atoms with Gasteiger partial charge in [0.15, 0.2) is 5.78 Å². The highest BCUT2D eigenvalue weighted by Crippen LogP contribution is 2.02.